The summed E-state index contributed by atoms with van der Waals surface area (Å²) < 4.78 is 0. The van der Waals surface area contributed by atoms with Gasteiger partial charge in [-0.15, -0.1) is 0 Å². The molecule has 1 aromatic carbocycles. The SMILES string of the molecule is CC12CCC3c4ccc(N)cc4CCC3C1CCC2c1cncnc1. The number of hydrogen-bond acceptors (Lipinski definition) is 3. The molecule has 0 saturated heterocycles. The van der Waals surface area contributed by atoms with Crippen LogP contribution in [0.5, 0.6) is 0 Å². The fourth-order valence-corrected chi connectivity index (χ4v) is 6.64. The van der Waals surface area contributed by atoms with Gasteiger partial charge in [0.1, 0.15) is 6.33 Å². The molecular formula is C22H27N3. The summed E-state index contributed by atoms with van der Waals surface area (Å²) in [7, 11) is 0. The lowest BCUT2D eigenvalue weighted by Crippen LogP contribution is -2.41. The van der Waals surface area contributed by atoms with Gasteiger partial charge in [0.15, 0.2) is 0 Å². The minimum Gasteiger partial charge on any atom is -0.399 e. The molecular weight excluding hydrogens is 306 g/mol. The van der Waals surface area contributed by atoms with Crippen molar-refractivity contribution in [1.29, 1.82) is 0 Å². The van der Waals surface area contributed by atoms with E-state index in [0.29, 0.717) is 11.3 Å². The third-order valence-corrected chi connectivity index (χ3v) is 7.73. The first kappa shape index (κ1) is 15.4. The van der Waals surface area contributed by atoms with Crippen LogP contribution in [0.15, 0.2) is 36.9 Å². The van der Waals surface area contributed by atoms with Crippen LogP contribution in [-0.4, -0.2) is 9.97 Å². The molecule has 0 bridgehead atoms. The minimum atomic E-state index is 0.414. The molecule has 3 aliphatic carbocycles. The Hall–Kier alpha value is -1.90. The second-order valence-electron chi connectivity index (χ2n) is 8.72. The van der Waals surface area contributed by atoms with E-state index >= 15 is 0 Å². The molecule has 0 aliphatic heterocycles. The Morgan fingerprint density at radius 3 is 2.76 bits per heavy atom. The van der Waals surface area contributed by atoms with E-state index < -0.39 is 0 Å². The zero-order valence-corrected chi connectivity index (χ0v) is 15.0. The summed E-state index contributed by atoms with van der Waals surface area (Å²) in [4.78, 5) is 8.59. The Balaban J connectivity index is 1.48. The number of aromatic nitrogens is 2. The van der Waals surface area contributed by atoms with Crippen molar-refractivity contribution in [2.45, 2.75) is 57.3 Å². The molecule has 2 fully saturated rings. The predicted molar refractivity (Wildman–Crippen MR) is 100 cm³/mol. The number of nitrogens with zero attached hydrogens (tertiary/aromatic N) is 2. The Morgan fingerprint density at radius 2 is 1.92 bits per heavy atom. The molecule has 2 saturated carbocycles. The second kappa shape index (κ2) is 5.55. The minimum absolute atomic E-state index is 0.414. The lowest BCUT2D eigenvalue weighted by molar-refractivity contribution is 0.0481. The Morgan fingerprint density at radius 1 is 1.08 bits per heavy atom. The van der Waals surface area contributed by atoms with Crippen LogP contribution in [0.4, 0.5) is 5.69 Å². The average Bonchev–Trinajstić information content (AvgIpc) is 2.99. The number of hydrogen-bond donors (Lipinski definition) is 1. The lowest BCUT2D eigenvalue weighted by atomic mass is 9.54. The van der Waals surface area contributed by atoms with Gasteiger partial charge < -0.3 is 5.73 Å². The number of nitrogen functional groups attached to an aromatic ring is 1. The smallest absolute Gasteiger partial charge is 0.115 e. The fraction of sp³-hybridized carbons (Fsp3) is 0.545. The van der Waals surface area contributed by atoms with Gasteiger partial charge >= 0.3 is 0 Å². The van der Waals surface area contributed by atoms with Crippen LogP contribution >= 0.6 is 0 Å². The van der Waals surface area contributed by atoms with E-state index in [-0.39, 0.29) is 0 Å². The topological polar surface area (TPSA) is 51.8 Å². The van der Waals surface area contributed by atoms with E-state index in [4.69, 9.17) is 5.73 Å². The second-order valence-corrected chi connectivity index (χ2v) is 8.72. The Kier molecular flexibility index (Phi) is 3.41. The standard InChI is InChI=1S/C22H27N3/c1-22-9-8-18-17-5-3-16(23)10-14(17)2-4-19(18)21(22)7-6-20(22)15-11-24-13-25-12-15/h3,5,10-13,18-21H,2,4,6-9,23H2,1H3. The van der Waals surface area contributed by atoms with Crippen LogP contribution in [0.3, 0.4) is 0 Å². The van der Waals surface area contributed by atoms with Crippen LogP contribution < -0.4 is 5.73 Å². The van der Waals surface area contributed by atoms with E-state index in [1.54, 1.807) is 11.9 Å². The largest absolute Gasteiger partial charge is 0.399 e. The van der Waals surface area contributed by atoms with Crippen LogP contribution in [0.1, 0.15) is 67.6 Å². The summed E-state index contributed by atoms with van der Waals surface area (Å²) in [5, 5.41) is 0. The summed E-state index contributed by atoms with van der Waals surface area (Å²) in [5.74, 6) is 3.05. The molecule has 1 heterocycles. The average molecular weight is 333 g/mol. The first-order valence-corrected chi connectivity index (χ1v) is 9.80. The van der Waals surface area contributed by atoms with Crippen molar-refractivity contribution < 1.29 is 0 Å². The van der Waals surface area contributed by atoms with Crippen molar-refractivity contribution in [3.8, 4) is 0 Å². The highest BCUT2D eigenvalue weighted by molar-refractivity contribution is 5.47. The molecule has 5 atom stereocenters. The molecule has 5 rings (SSSR count). The molecule has 130 valence electrons. The molecule has 3 aliphatic rings. The van der Waals surface area contributed by atoms with Crippen molar-refractivity contribution in [3.63, 3.8) is 0 Å². The van der Waals surface area contributed by atoms with E-state index in [2.05, 4.69) is 47.5 Å². The maximum atomic E-state index is 6.03. The molecule has 0 spiro atoms. The third-order valence-electron chi connectivity index (χ3n) is 7.73. The van der Waals surface area contributed by atoms with E-state index in [9.17, 15) is 0 Å². The fourth-order valence-electron chi connectivity index (χ4n) is 6.64. The monoisotopic (exact) mass is 333 g/mol. The first-order chi connectivity index (χ1) is 12.2. The van der Waals surface area contributed by atoms with Crippen molar-refractivity contribution in [3.05, 3.63) is 53.6 Å². The van der Waals surface area contributed by atoms with Gasteiger partial charge in [-0.1, -0.05) is 13.0 Å². The molecule has 0 radical (unpaired) electrons. The summed E-state index contributed by atoms with van der Waals surface area (Å²) in [5.41, 5.74) is 11.8. The van der Waals surface area contributed by atoms with Gasteiger partial charge in [-0.2, -0.15) is 0 Å². The van der Waals surface area contributed by atoms with E-state index in [0.717, 1.165) is 23.4 Å². The van der Waals surface area contributed by atoms with Crippen LogP contribution in [0.2, 0.25) is 0 Å². The van der Waals surface area contributed by atoms with Gasteiger partial charge in [-0.05, 0) is 96.4 Å². The van der Waals surface area contributed by atoms with Crippen molar-refractivity contribution in [2.75, 3.05) is 5.73 Å². The zero-order valence-electron chi connectivity index (χ0n) is 15.0. The van der Waals surface area contributed by atoms with Crippen molar-refractivity contribution in [1.82, 2.24) is 9.97 Å². The first-order valence-electron chi connectivity index (χ1n) is 9.80. The third kappa shape index (κ3) is 2.24. The van der Waals surface area contributed by atoms with Gasteiger partial charge in [0.2, 0.25) is 0 Å². The molecule has 0 amide bonds. The molecule has 1 aromatic heterocycles. The molecule has 25 heavy (non-hydrogen) atoms. The Labute approximate surface area is 150 Å². The highest BCUT2D eigenvalue weighted by Crippen LogP contribution is 2.65. The van der Waals surface area contributed by atoms with E-state index in [1.165, 1.54) is 49.7 Å². The van der Waals surface area contributed by atoms with Crippen molar-refractivity contribution >= 4 is 5.69 Å². The summed E-state index contributed by atoms with van der Waals surface area (Å²) >= 11 is 0. The number of benzene rings is 1. The summed E-state index contributed by atoms with van der Waals surface area (Å²) in [6, 6.07) is 6.65. The highest BCUT2D eigenvalue weighted by Gasteiger charge is 2.55. The van der Waals surface area contributed by atoms with Crippen LogP contribution in [0.25, 0.3) is 0 Å². The Bertz CT molecular complexity index is 787. The molecule has 2 aromatic rings. The van der Waals surface area contributed by atoms with Gasteiger partial charge in [0.25, 0.3) is 0 Å². The van der Waals surface area contributed by atoms with Gasteiger partial charge in [0.05, 0.1) is 0 Å². The maximum Gasteiger partial charge on any atom is 0.115 e. The number of nitrogens with two attached hydrogens (primary N) is 1. The van der Waals surface area contributed by atoms with Crippen LogP contribution in [-0.2, 0) is 6.42 Å². The van der Waals surface area contributed by atoms with E-state index in [1.807, 2.05) is 0 Å². The number of fused-ring (bicyclic) bond motifs is 5. The normalized spacial score (nSPS) is 36.4. The molecule has 2 N–H and O–H groups in total. The number of aryl methyl sites for hydroxylation is 1. The molecule has 3 nitrogen and oxygen atoms in total. The highest BCUT2D eigenvalue weighted by atomic mass is 14.8. The number of rotatable bonds is 1. The quantitative estimate of drug-likeness (QED) is 0.770. The van der Waals surface area contributed by atoms with Gasteiger partial charge in [0, 0.05) is 18.1 Å². The van der Waals surface area contributed by atoms with Crippen LogP contribution in [0, 0.1) is 17.3 Å². The summed E-state index contributed by atoms with van der Waals surface area (Å²) in [6.07, 6.45) is 13.6. The van der Waals surface area contributed by atoms with Crippen molar-refractivity contribution in [2.24, 2.45) is 17.3 Å². The van der Waals surface area contributed by atoms with Gasteiger partial charge in [-0.25, -0.2) is 9.97 Å². The predicted octanol–water partition coefficient (Wildman–Crippen LogP) is 4.70. The molecule has 3 heteroatoms. The zero-order chi connectivity index (χ0) is 17.0. The molecule has 5 unspecified atom stereocenters. The van der Waals surface area contributed by atoms with Gasteiger partial charge in [-0.3, -0.25) is 0 Å². The summed E-state index contributed by atoms with van der Waals surface area (Å²) in [6.45, 7) is 2.55. The maximum absolute atomic E-state index is 6.03. The number of anilines is 1. The lowest BCUT2D eigenvalue weighted by Gasteiger charge is -2.51.